The first-order valence-electron chi connectivity index (χ1n) is 16.0. The van der Waals surface area contributed by atoms with E-state index in [-0.39, 0.29) is 40.5 Å². The number of nitrogens with zero attached hydrogens (tertiary/aromatic N) is 5. The van der Waals surface area contributed by atoms with Crippen LogP contribution >= 0.6 is 0 Å². The van der Waals surface area contributed by atoms with Gasteiger partial charge in [0.2, 0.25) is 0 Å². The minimum Gasteiger partial charge on any atom is -0.633 e. The molecular weight excluding hydrogens is 608 g/mol. The lowest BCUT2D eigenvalue weighted by molar-refractivity contribution is -0.865. The number of carbonyl (C=O) groups is 1. The number of imidazole rings is 1. The molecule has 1 aliphatic carbocycles. The molecular formula is C37H42N6O5. The normalized spacial score (nSPS) is 15.0. The van der Waals surface area contributed by atoms with Gasteiger partial charge in [-0.25, -0.2) is 14.4 Å². The average molecular weight is 651 g/mol. The summed E-state index contributed by atoms with van der Waals surface area (Å²) in [6.07, 6.45) is 7.50. The number of nitrogens with one attached hydrogen (secondary N) is 1. The van der Waals surface area contributed by atoms with Gasteiger partial charge in [0.05, 0.1) is 36.7 Å². The van der Waals surface area contributed by atoms with E-state index in [9.17, 15) is 19.9 Å². The van der Waals surface area contributed by atoms with Crippen molar-refractivity contribution < 1.29 is 19.3 Å². The maximum atomic E-state index is 14.3. The second kappa shape index (κ2) is 14.2. The number of aliphatic imine (C=N–C) groups is 1. The van der Waals surface area contributed by atoms with Crippen LogP contribution in [-0.2, 0) is 4.79 Å². The van der Waals surface area contributed by atoms with Crippen LogP contribution in [0.15, 0.2) is 94.7 Å². The number of aromatic nitrogens is 2. The summed E-state index contributed by atoms with van der Waals surface area (Å²) in [5.74, 6) is 1.34. The number of rotatable bonds is 13. The largest absolute Gasteiger partial charge is 0.633 e. The van der Waals surface area contributed by atoms with Crippen molar-refractivity contribution in [1.29, 1.82) is 5.41 Å². The zero-order valence-electron chi connectivity index (χ0n) is 28.0. The summed E-state index contributed by atoms with van der Waals surface area (Å²) in [4.78, 5) is 33.6. The Kier molecular flexibility index (Phi) is 10.1. The molecule has 0 spiro atoms. The second-order valence-corrected chi connectivity index (χ2v) is 12.4. The Morgan fingerprint density at radius 1 is 1.10 bits per heavy atom. The van der Waals surface area contributed by atoms with Gasteiger partial charge >= 0.3 is 5.69 Å². The maximum absolute atomic E-state index is 14.3. The Hall–Kier alpha value is -5.26. The Balaban J connectivity index is 1.52. The van der Waals surface area contributed by atoms with Crippen molar-refractivity contribution in [3.05, 3.63) is 106 Å². The monoisotopic (exact) mass is 650 g/mol. The highest BCUT2D eigenvalue weighted by Gasteiger charge is 2.34. The van der Waals surface area contributed by atoms with Crippen LogP contribution < -0.4 is 15.3 Å². The first kappa shape index (κ1) is 34.1. The molecule has 5 rings (SSSR count). The molecule has 11 nitrogen and oxygen atoms in total. The standard InChI is InChI=1S/C37H42N6O5/c1-6-25(2)24-39-36-35(26(3)38)41(27-12-18-32(19-13-27)48-33-20-16-31(44)17-21-33)37(46)42(36)29-10-7-9-28(23-29)40(4)34(45)11-8-22-43(5,47)30-14-15-30/h7-13,16-21,23-25,30,38,44H,6,14-15,22H2,1-5H3. The number of hydrogen-bond donors (Lipinski definition) is 2. The summed E-state index contributed by atoms with van der Waals surface area (Å²) < 4.78 is 8.43. The highest BCUT2D eigenvalue weighted by molar-refractivity contribution is 6.01. The van der Waals surface area contributed by atoms with Crippen LogP contribution in [0, 0.1) is 16.5 Å². The van der Waals surface area contributed by atoms with Crippen LogP contribution in [-0.4, -0.2) is 63.4 Å². The number of phenols is 1. The van der Waals surface area contributed by atoms with E-state index in [1.807, 2.05) is 13.8 Å². The van der Waals surface area contributed by atoms with Gasteiger partial charge in [-0.1, -0.05) is 19.9 Å². The summed E-state index contributed by atoms with van der Waals surface area (Å²) in [6, 6.07) is 20.4. The van der Waals surface area contributed by atoms with E-state index in [0.29, 0.717) is 40.1 Å². The van der Waals surface area contributed by atoms with E-state index >= 15 is 0 Å². The molecule has 0 bridgehead atoms. The fraction of sp³-hybridized carbons (Fsp3) is 0.297. The first-order chi connectivity index (χ1) is 22.9. The number of anilines is 1. The zero-order chi connectivity index (χ0) is 34.6. The molecule has 2 unspecified atom stereocenters. The Morgan fingerprint density at radius 3 is 2.35 bits per heavy atom. The first-order valence-corrected chi connectivity index (χ1v) is 16.0. The lowest BCUT2D eigenvalue weighted by Crippen LogP contribution is -2.40. The number of hydroxylamine groups is 3. The van der Waals surface area contributed by atoms with E-state index in [4.69, 9.17) is 15.1 Å². The summed E-state index contributed by atoms with van der Waals surface area (Å²) in [7, 11) is 3.28. The summed E-state index contributed by atoms with van der Waals surface area (Å²) in [6.45, 7) is 5.91. The molecule has 11 heteroatoms. The third-order valence-electron chi connectivity index (χ3n) is 8.50. The van der Waals surface area contributed by atoms with Crippen molar-refractivity contribution >= 4 is 29.3 Å². The average Bonchev–Trinajstić information content (AvgIpc) is 3.89. The van der Waals surface area contributed by atoms with Crippen molar-refractivity contribution in [2.45, 2.75) is 46.1 Å². The second-order valence-electron chi connectivity index (χ2n) is 12.4. The predicted molar refractivity (Wildman–Crippen MR) is 190 cm³/mol. The molecule has 0 aliphatic heterocycles. The Morgan fingerprint density at radius 2 is 1.75 bits per heavy atom. The van der Waals surface area contributed by atoms with E-state index in [0.717, 1.165) is 19.3 Å². The number of carbonyl (C=O) groups excluding carboxylic acids is 1. The SMILES string of the molecule is CCC(C)C=Nc1c(C(C)=N)n(-c2ccc(Oc3ccc(O)cc3)cc2)c(=O)n1-c1cccc(N(C)C(=O)C=CC[N+](C)([O-])C2CC2)c1. The van der Waals surface area contributed by atoms with E-state index in [2.05, 4.69) is 0 Å². The molecule has 1 aromatic heterocycles. The molecule has 0 radical (unpaired) electrons. The molecule has 1 saturated carbocycles. The number of benzene rings is 3. The molecule has 1 heterocycles. The van der Waals surface area contributed by atoms with Crippen molar-refractivity contribution in [1.82, 2.24) is 9.13 Å². The minimum atomic E-state index is -0.432. The van der Waals surface area contributed by atoms with Gasteiger partial charge in [-0.2, -0.15) is 0 Å². The Bertz CT molecular complexity index is 1900. The number of aromatic hydroxyl groups is 1. The van der Waals surface area contributed by atoms with Crippen LogP contribution in [0.5, 0.6) is 17.2 Å². The van der Waals surface area contributed by atoms with Gasteiger partial charge in [0.1, 0.15) is 22.9 Å². The van der Waals surface area contributed by atoms with Gasteiger partial charge in [-0.05, 0) is 92.1 Å². The van der Waals surface area contributed by atoms with Gasteiger partial charge in [0.15, 0.2) is 5.82 Å². The van der Waals surface area contributed by atoms with E-state index in [1.54, 1.807) is 94.0 Å². The van der Waals surface area contributed by atoms with E-state index < -0.39 is 5.69 Å². The van der Waals surface area contributed by atoms with Gasteiger partial charge in [-0.15, -0.1) is 0 Å². The summed E-state index contributed by atoms with van der Waals surface area (Å²) in [5, 5.41) is 30.9. The summed E-state index contributed by atoms with van der Waals surface area (Å²) in [5.41, 5.74) is 1.59. The van der Waals surface area contributed by atoms with Crippen molar-refractivity contribution in [2.24, 2.45) is 10.9 Å². The molecule has 4 aromatic rings. The highest BCUT2D eigenvalue weighted by Crippen LogP contribution is 2.32. The van der Waals surface area contributed by atoms with Crippen LogP contribution in [0.25, 0.3) is 11.4 Å². The van der Waals surface area contributed by atoms with Crippen LogP contribution in [0.4, 0.5) is 11.5 Å². The van der Waals surface area contributed by atoms with Crippen LogP contribution in [0.1, 0.15) is 45.7 Å². The van der Waals surface area contributed by atoms with Crippen LogP contribution in [0.3, 0.4) is 0 Å². The quantitative estimate of drug-likeness (QED) is 0.0703. The molecule has 1 fully saturated rings. The number of phenolic OH excluding ortho intramolecular Hbond substituents is 1. The molecule has 0 saturated heterocycles. The van der Waals surface area contributed by atoms with Gasteiger partial charge in [0, 0.05) is 37.9 Å². The number of ether oxygens (including phenoxy) is 1. The third-order valence-corrected chi connectivity index (χ3v) is 8.50. The predicted octanol–water partition coefficient (Wildman–Crippen LogP) is 6.89. The summed E-state index contributed by atoms with van der Waals surface area (Å²) >= 11 is 0. The maximum Gasteiger partial charge on any atom is 0.339 e. The van der Waals surface area contributed by atoms with Gasteiger partial charge in [-0.3, -0.25) is 9.36 Å². The molecule has 1 aliphatic rings. The fourth-order valence-corrected chi connectivity index (χ4v) is 5.25. The lowest BCUT2D eigenvalue weighted by atomic mass is 10.1. The third kappa shape index (κ3) is 7.64. The van der Waals surface area contributed by atoms with Gasteiger partial charge < -0.3 is 30.0 Å². The molecule has 48 heavy (non-hydrogen) atoms. The van der Waals surface area contributed by atoms with Gasteiger partial charge in [0.25, 0.3) is 5.91 Å². The Labute approximate surface area is 280 Å². The molecule has 2 atom stereocenters. The molecule has 2 N–H and O–H groups in total. The van der Waals surface area contributed by atoms with Crippen LogP contribution in [0.2, 0.25) is 0 Å². The highest BCUT2D eigenvalue weighted by atomic mass is 16.5. The molecule has 1 amide bonds. The zero-order valence-corrected chi connectivity index (χ0v) is 28.0. The minimum absolute atomic E-state index is 0.105. The van der Waals surface area contributed by atoms with Crippen molar-refractivity contribution in [3.8, 4) is 28.6 Å². The number of amides is 1. The molecule has 3 aromatic carbocycles. The van der Waals surface area contributed by atoms with E-state index in [1.165, 1.54) is 32.2 Å². The fourth-order valence-electron chi connectivity index (χ4n) is 5.25. The number of hydrogen-bond acceptors (Lipinski definition) is 7. The topological polar surface area (TPSA) is 136 Å². The van der Waals surface area contributed by atoms with Crippen molar-refractivity contribution in [3.63, 3.8) is 0 Å². The molecule has 250 valence electrons. The smallest absolute Gasteiger partial charge is 0.339 e. The lowest BCUT2D eigenvalue weighted by Gasteiger charge is -2.38. The number of quaternary nitrogens is 1. The number of likely N-dealkylation sites (N-methyl/N-ethyl adjacent to an activating group) is 2. The van der Waals surface area contributed by atoms with Crippen molar-refractivity contribution in [2.75, 3.05) is 25.5 Å².